The second-order valence-electron chi connectivity index (χ2n) is 12.6. The number of ether oxygens (including phenoxy) is 1. The predicted octanol–water partition coefficient (Wildman–Crippen LogP) is 7.48. The van der Waals surface area contributed by atoms with Crippen LogP contribution in [0.15, 0.2) is 41.5 Å². The first-order valence-electron chi connectivity index (χ1n) is 13.0. The molecule has 1 heterocycles. The normalized spacial score (nSPS) is 26.7. The van der Waals surface area contributed by atoms with Crippen molar-refractivity contribution in [3.05, 3.63) is 41.5 Å². The van der Waals surface area contributed by atoms with Crippen molar-refractivity contribution < 1.29 is 14.0 Å². The fraction of sp³-hybridized carbons (Fsp3) is 0.679. The summed E-state index contributed by atoms with van der Waals surface area (Å²) >= 11 is 2.50. The molecule has 0 N–H and O–H groups in total. The number of rotatable bonds is 7. The molecule has 1 fully saturated rings. The largest absolute Gasteiger partial charge is 0.457 e. The lowest BCUT2D eigenvalue weighted by atomic mass is 9.74. The molecule has 0 unspecified atom stereocenters. The molecule has 0 amide bonds. The van der Waals surface area contributed by atoms with Gasteiger partial charge in [-0.05, 0) is 48.9 Å². The Balaban J connectivity index is 1.98. The third-order valence-corrected chi connectivity index (χ3v) is 17.5. The number of hydrogen-bond donors (Lipinski definition) is 0. The fourth-order valence-electron chi connectivity index (χ4n) is 5.32. The Kier molecular flexibility index (Phi) is 9.01. The van der Waals surface area contributed by atoms with E-state index in [1.165, 1.54) is 22.4 Å². The van der Waals surface area contributed by atoms with Gasteiger partial charge in [0.15, 0.2) is 8.32 Å². The first-order valence-corrected chi connectivity index (χ1v) is 20.6. The average Bonchev–Trinajstić information content (AvgIpc) is 2.90. The second-order valence-corrected chi connectivity index (χ2v) is 23.0. The summed E-state index contributed by atoms with van der Waals surface area (Å²) in [6.07, 6.45) is 3.46. The van der Waals surface area contributed by atoms with Gasteiger partial charge in [0, 0.05) is 16.8 Å². The van der Waals surface area contributed by atoms with Crippen LogP contribution in [0.1, 0.15) is 53.4 Å². The minimum Gasteiger partial charge on any atom is -0.457 e. The lowest BCUT2D eigenvalue weighted by molar-refractivity contribution is -0.151. The van der Waals surface area contributed by atoms with Crippen LogP contribution in [0.2, 0.25) is 37.3 Å². The third kappa shape index (κ3) is 6.27. The minimum atomic E-state index is -1.97. The summed E-state index contributed by atoms with van der Waals surface area (Å²) in [5.41, 5.74) is 2.88. The molecular weight excluding hydrogens is 567 g/mol. The molecule has 3 rings (SSSR count). The zero-order valence-corrected chi connectivity index (χ0v) is 26.7. The van der Waals surface area contributed by atoms with Crippen molar-refractivity contribution in [2.75, 3.05) is 4.43 Å². The fourth-order valence-corrected chi connectivity index (χ4v) is 9.88. The van der Waals surface area contributed by atoms with Gasteiger partial charge in [-0.15, -0.1) is 0 Å². The van der Waals surface area contributed by atoms with Crippen LogP contribution in [0, 0.1) is 11.8 Å². The molecule has 0 radical (unpaired) electrons. The molecule has 2 aliphatic rings. The van der Waals surface area contributed by atoms with E-state index in [4.69, 9.17) is 9.16 Å². The summed E-state index contributed by atoms with van der Waals surface area (Å²) in [7, 11) is -3.59. The van der Waals surface area contributed by atoms with E-state index in [-0.39, 0.29) is 29.1 Å². The summed E-state index contributed by atoms with van der Waals surface area (Å²) in [5.74, 6) is 0.602. The first-order chi connectivity index (χ1) is 15.8. The van der Waals surface area contributed by atoms with E-state index in [2.05, 4.69) is 107 Å². The molecule has 1 aliphatic carbocycles. The van der Waals surface area contributed by atoms with Gasteiger partial charge < -0.3 is 9.16 Å². The van der Waals surface area contributed by atoms with Crippen LogP contribution in [-0.4, -0.2) is 39.0 Å². The number of halogens is 1. The third-order valence-electron chi connectivity index (χ3n) is 8.67. The Hall–Kier alpha value is -0.446. The smallest absolute Gasteiger partial charge is 0.306 e. The van der Waals surface area contributed by atoms with E-state index in [1.54, 1.807) is 0 Å². The summed E-state index contributed by atoms with van der Waals surface area (Å²) in [6, 6.07) is 12.2. The molecule has 6 heteroatoms. The quantitative estimate of drug-likeness (QED) is 0.105. The Labute approximate surface area is 223 Å². The number of benzene rings is 1. The van der Waals surface area contributed by atoms with Crippen LogP contribution >= 0.6 is 22.6 Å². The molecule has 190 valence electrons. The van der Waals surface area contributed by atoms with E-state index in [0.29, 0.717) is 12.3 Å². The highest BCUT2D eigenvalue weighted by atomic mass is 127. The van der Waals surface area contributed by atoms with Crippen molar-refractivity contribution in [3.8, 4) is 0 Å². The van der Waals surface area contributed by atoms with E-state index >= 15 is 0 Å². The lowest BCUT2D eigenvalue weighted by Gasteiger charge is -2.47. The van der Waals surface area contributed by atoms with E-state index in [0.717, 1.165) is 23.7 Å². The van der Waals surface area contributed by atoms with Gasteiger partial charge in [0.1, 0.15) is 6.10 Å². The Bertz CT molecular complexity index is 889. The van der Waals surface area contributed by atoms with Gasteiger partial charge in [0.2, 0.25) is 0 Å². The summed E-state index contributed by atoms with van der Waals surface area (Å²) in [4.78, 5) is 12.7. The van der Waals surface area contributed by atoms with Gasteiger partial charge in [-0.1, -0.05) is 111 Å². The highest BCUT2D eigenvalue weighted by Crippen LogP contribution is 2.46. The molecule has 0 saturated carbocycles. The summed E-state index contributed by atoms with van der Waals surface area (Å²) in [5, 5.41) is 1.65. The van der Waals surface area contributed by atoms with Gasteiger partial charge >= 0.3 is 5.97 Å². The maximum atomic E-state index is 12.7. The second kappa shape index (κ2) is 10.9. The van der Waals surface area contributed by atoms with Crippen LogP contribution in [0.4, 0.5) is 0 Å². The predicted molar refractivity (Wildman–Crippen MR) is 157 cm³/mol. The number of hydrogen-bond acceptors (Lipinski definition) is 3. The van der Waals surface area contributed by atoms with Gasteiger partial charge in [-0.3, -0.25) is 4.79 Å². The zero-order chi connectivity index (χ0) is 25.3. The number of alkyl halides is 1. The molecule has 1 aromatic rings. The van der Waals surface area contributed by atoms with Crippen LogP contribution in [0.5, 0.6) is 0 Å². The Morgan fingerprint density at radius 2 is 1.76 bits per heavy atom. The highest BCUT2D eigenvalue weighted by Gasteiger charge is 2.48. The van der Waals surface area contributed by atoms with E-state index in [1.807, 2.05) is 0 Å². The first kappa shape index (κ1) is 28.1. The van der Waals surface area contributed by atoms with Gasteiger partial charge in [0.05, 0.1) is 14.2 Å². The summed E-state index contributed by atoms with van der Waals surface area (Å²) < 4.78 is 14.4. The zero-order valence-electron chi connectivity index (χ0n) is 22.5. The van der Waals surface area contributed by atoms with Crippen LogP contribution in [0.25, 0.3) is 0 Å². The monoisotopic (exact) mass is 612 g/mol. The minimum absolute atomic E-state index is 0.0304. The van der Waals surface area contributed by atoms with Crippen molar-refractivity contribution >= 4 is 50.1 Å². The van der Waals surface area contributed by atoms with Crippen molar-refractivity contribution in [1.29, 1.82) is 0 Å². The van der Waals surface area contributed by atoms with Crippen molar-refractivity contribution in [2.24, 2.45) is 11.8 Å². The van der Waals surface area contributed by atoms with Crippen molar-refractivity contribution in [1.82, 2.24) is 0 Å². The molecule has 4 atom stereocenters. The molecule has 3 nitrogen and oxygen atoms in total. The van der Waals surface area contributed by atoms with Crippen LogP contribution < -0.4 is 5.19 Å². The molecular formula is C28H45IO3Si2. The van der Waals surface area contributed by atoms with Crippen LogP contribution in [0.3, 0.4) is 0 Å². The molecule has 0 spiro atoms. The SMILES string of the molecule is C[C@H]1CCC(=O)O[C@H]2C1=C(CI)C[C@@H](O[Si](C)(C)C(C)(C)C)[C@H]2CC[Si](C)(C)c1ccccc1. The number of fused-ring (bicyclic) bond motifs is 1. The summed E-state index contributed by atoms with van der Waals surface area (Å²) in [6.45, 7) is 18.9. The maximum Gasteiger partial charge on any atom is 0.306 e. The van der Waals surface area contributed by atoms with Gasteiger partial charge in [-0.25, -0.2) is 0 Å². The van der Waals surface area contributed by atoms with Gasteiger partial charge in [0.25, 0.3) is 0 Å². The highest BCUT2D eigenvalue weighted by molar-refractivity contribution is 14.1. The molecule has 1 saturated heterocycles. The number of carbonyl (C=O) groups excluding carboxylic acids is 1. The standard InChI is InChI=1S/C28H45IO3Si2/c1-20-14-15-25(30)31-27-23(16-17-33(5,6)22-12-10-9-11-13-22)24(18-21(19-29)26(20)27)32-34(7,8)28(2,3)4/h9-13,20,23-24,27H,14-19H2,1-8H3/t20-,23+,24+,27+/m0/s1. The molecule has 1 aromatic carbocycles. The molecule has 1 aliphatic heterocycles. The van der Waals surface area contributed by atoms with E-state index in [9.17, 15) is 4.79 Å². The lowest BCUT2D eigenvalue weighted by Crippen LogP contribution is -2.51. The maximum absolute atomic E-state index is 12.7. The topological polar surface area (TPSA) is 35.5 Å². The Morgan fingerprint density at radius 3 is 2.35 bits per heavy atom. The molecule has 0 aromatic heterocycles. The number of esters is 1. The van der Waals surface area contributed by atoms with Gasteiger partial charge in [-0.2, -0.15) is 0 Å². The van der Waals surface area contributed by atoms with Crippen molar-refractivity contribution in [3.63, 3.8) is 0 Å². The van der Waals surface area contributed by atoms with Crippen molar-refractivity contribution in [2.45, 2.75) is 103 Å². The van der Waals surface area contributed by atoms with E-state index < -0.39 is 16.4 Å². The van der Waals surface area contributed by atoms with Crippen LogP contribution in [-0.2, 0) is 14.0 Å². The molecule has 0 bridgehead atoms. The molecule has 34 heavy (non-hydrogen) atoms. The number of carbonyl (C=O) groups is 1. The average molecular weight is 613 g/mol. The Morgan fingerprint density at radius 1 is 1.12 bits per heavy atom.